The van der Waals surface area contributed by atoms with Crippen LogP contribution in [0.5, 0.6) is 0 Å². The van der Waals surface area contributed by atoms with Gasteiger partial charge in [-0.15, -0.1) is 0 Å². The van der Waals surface area contributed by atoms with Gasteiger partial charge in [-0.25, -0.2) is 13.2 Å². The van der Waals surface area contributed by atoms with Gasteiger partial charge >= 0.3 is 6.03 Å². The van der Waals surface area contributed by atoms with Crippen molar-refractivity contribution in [1.29, 1.82) is 0 Å². The number of anilines is 1. The molecule has 1 aromatic rings. The normalized spacial score (nSPS) is 23.6. The van der Waals surface area contributed by atoms with Gasteiger partial charge in [0.05, 0.1) is 11.5 Å². The number of hydrogen-bond acceptors (Lipinski definition) is 3. The van der Waals surface area contributed by atoms with Gasteiger partial charge in [0.1, 0.15) is 0 Å². The molecule has 3 rings (SSSR count). The monoisotopic (exact) mass is 294 g/mol. The van der Waals surface area contributed by atoms with Gasteiger partial charge in [-0.1, -0.05) is 18.2 Å². The lowest BCUT2D eigenvalue weighted by atomic mass is 10.1. The van der Waals surface area contributed by atoms with E-state index in [0.717, 1.165) is 12.1 Å². The Morgan fingerprint density at radius 1 is 1.35 bits per heavy atom. The molecule has 2 aliphatic heterocycles. The Morgan fingerprint density at radius 3 is 2.90 bits per heavy atom. The predicted octanol–water partition coefficient (Wildman–Crippen LogP) is 1.19. The number of benzene rings is 1. The Hall–Kier alpha value is -1.56. The van der Waals surface area contributed by atoms with Crippen LogP contribution in [0.1, 0.15) is 12.0 Å². The van der Waals surface area contributed by atoms with Gasteiger partial charge in [-0.3, -0.25) is 4.90 Å². The maximum absolute atomic E-state index is 12.2. The Labute approximate surface area is 118 Å². The minimum absolute atomic E-state index is 0.0572. The number of urea groups is 1. The fourth-order valence-electron chi connectivity index (χ4n) is 2.91. The molecule has 2 aliphatic rings. The van der Waals surface area contributed by atoms with Crippen molar-refractivity contribution in [2.45, 2.75) is 12.8 Å². The second-order valence-corrected chi connectivity index (χ2v) is 7.71. The van der Waals surface area contributed by atoms with Crippen molar-refractivity contribution in [3.05, 3.63) is 29.8 Å². The maximum atomic E-state index is 12.2. The SMILES string of the molecule is O=C(NCC1CCS(=O)(=O)C1)N1CCc2ccccc21. The van der Waals surface area contributed by atoms with Crippen LogP contribution in [0.15, 0.2) is 24.3 Å². The zero-order valence-electron chi connectivity index (χ0n) is 11.2. The third-order valence-corrected chi connectivity index (χ3v) is 5.84. The number of amides is 2. The van der Waals surface area contributed by atoms with Crippen molar-refractivity contribution < 1.29 is 13.2 Å². The van der Waals surface area contributed by atoms with Gasteiger partial charge in [0.25, 0.3) is 0 Å². The second-order valence-electron chi connectivity index (χ2n) is 5.49. The minimum Gasteiger partial charge on any atom is -0.337 e. The molecule has 2 amide bonds. The number of carbonyl (C=O) groups is 1. The lowest BCUT2D eigenvalue weighted by molar-refractivity contribution is 0.245. The largest absolute Gasteiger partial charge is 0.337 e. The molecule has 1 unspecified atom stereocenters. The predicted molar refractivity (Wildman–Crippen MR) is 77.7 cm³/mol. The minimum atomic E-state index is -2.88. The first kappa shape index (κ1) is 13.4. The Bertz CT molecular complexity index is 627. The molecule has 5 nitrogen and oxygen atoms in total. The molecule has 0 aromatic heterocycles. The van der Waals surface area contributed by atoms with Gasteiger partial charge < -0.3 is 5.32 Å². The van der Waals surface area contributed by atoms with Crippen molar-refractivity contribution in [2.24, 2.45) is 5.92 Å². The Morgan fingerprint density at radius 2 is 2.15 bits per heavy atom. The zero-order valence-corrected chi connectivity index (χ0v) is 12.0. The number of sulfone groups is 1. The summed E-state index contributed by atoms with van der Waals surface area (Å²) < 4.78 is 22.8. The first-order valence-electron chi connectivity index (χ1n) is 6.89. The average molecular weight is 294 g/mol. The number of para-hydroxylation sites is 1. The molecule has 20 heavy (non-hydrogen) atoms. The van der Waals surface area contributed by atoms with Crippen LogP contribution in [0.25, 0.3) is 0 Å². The lowest BCUT2D eigenvalue weighted by Crippen LogP contribution is -2.41. The third kappa shape index (κ3) is 2.65. The van der Waals surface area contributed by atoms with E-state index < -0.39 is 9.84 Å². The highest BCUT2D eigenvalue weighted by atomic mass is 32.2. The van der Waals surface area contributed by atoms with Crippen molar-refractivity contribution in [3.8, 4) is 0 Å². The molecule has 1 fully saturated rings. The van der Waals surface area contributed by atoms with E-state index in [1.165, 1.54) is 5.56 Å². The highest BCUT2D eigenvalue weighted by Gasteiger charge is 2.29. The molecule has 108 valence electrons. The lowest BCUT2D eigenvalue weighted by Gasteiger charge is -2.19. The molecule has 1 N–H and O–H groups in total. The molecular weight excluding hydrogens is 276 g/mol. The number of hydrogen-bond donors (Lipinski definition) is 1. The van der Waals surface area contributed by atoms with E-state index >= 15 is 0 Å². The zero-order chi connectivity index (χ0) is 14.2. The Kier molecular flexibility index (Phi) is 3.41. The van der Waals surface area contributed by atoms with E-state index in [0.29, 0.717) is 19.5 Å². The number of carbonyl (C=O) groups excluding carboxylic acids is 1. The van der Waals surface area contributed by atoms with Crippen LogP contribution in [0.2, 0.25) is 0 Å². The molecule has 0 radical (unpaired) electrons. The molecule has 0 spiro atoms. The summed E-state index contributed by atoms with van der Waals surface area (Å²) in [6.45, 7) is 1.13. The summed E-state index contributed by atoms with van der Waals surface area (Å²) in [5.41, 5.74) is 2.15. The fraction of sp³-hybridized carbons (Fsp3) is 0.500. The maximum Gasteiger partial charge on any atom is 0.321 e. The van der Waals surface area contributed by atoms with Gasteiger partial charge in [0, 0.05) is 18.8 Å². The summed E-state index contributed by atoms with van der Waals surface area (Å²) in [6, 6.07) is 7.75. The van der Waals surface area contributed by atoms with Crippen molar-refractivity contribution in [2.75, 3.05) is 29.5 Å². The van der Waals surface area contributed by atoms with Crippen LogP contribution in [0, 0.1) is 5.92 Å². The first-order valence-corrected chi connectivity index (χ1v) is 8.71. The second kappa shape index (κ2) is 5.09. The van der Waals surface area contributed by atoms with E-state index in [1.54, 1.807) is 4.90 Å². The highest BCUT2D eigenvalue weighted by molar-refractivity contribution is 7.91. The van der Waals surface area contributed by atoms with Crippen LogP contribution in [-0.4, -0.2) is 39.0 Å². The average Bonchev–Trinajstić information content (AvgIpc) is 2.99. The third-order valence-electron chi connectivity index (χ3n) is 4.00. The summed E-state index contributed by atoms with van der Waals surface area (Å²) >= 11 is 0. The van der Waals surface area contributed by atoms with Crippen LogP contribution in [0.3, 0.4) is 0 Å². The summed E-state index contributed by atoms with van der Waals surface area (Å²) in [5.74, 6) is 0.506. The number of nitrogens with zero attached hydrogens (tertiary/aromatic N) is 1. The van der Waals surface area contributed by atoms with Crippen LogP contribution < -0.4 is 10.2 Å². The van der Waals surface area contributed by atoms with E-state index in [-0.39, 0.29) is 23.5 Å². The van der Waals surface area contributed by atoms with E-state index in [2.05, 4.69) is 5.32 Å². The summed E-state index contributed by atoms with van der Waals surface area (Å²) in [7, 11) is -2.88. The number of fused-ring (bicyclic) bond motifs is 1. The van der Waals surface area contributed by atoms with Crippen LogP contribution in [0.4, 0.5) is 10.5 Å². The smallest absolute Gasteiger partial charge is 0.321 e. The van der Waals surface area contributed by atoms with E-state index in [4.69, 9.17) is 0 Å². The van der Waals surface area contributed by atoms with E-state index in [9.17, 15) is 13.2 Å². The molecule has 1 aromatic carbocycles. The van der Waals surface area contributed by atoms with Crippen LogP contribution in [-0.2, 0) is 16.3 Å². The highest BCUT2D eigenvalue weighted by Crippen LogP contribution is 2.27. The van der Waals surface area contributed by atoms with Gasteiger partial charge in [-0.05, 0) is 30.4 Å². The molecule has 6 heteroatoms. The molecule has 0 bridgehead atoms. The summed E-state index contributed by atoms with van der Waals surface area (Å²) in [6.07, 6.45) is 1.53. The number of nitrogens with one attached hydrogen (secondary N) is 1. The molecule has 1 atom stereocenters. The van der Waals surface area contributed by atoms with Crippen LogP contribution >= 0.6 is 0 Å². The summed E-state index contributed by atoms with van der Waals surface area (Å²) in [5, 5.41) is 2.87. The molecule has 0 saturated carbocycles. The topological polar surface area (TPSA) is 66.5 Å². The molecular formula is C14H18N2O3S. The molecule has 1 saturated heterocycles. The van der Waals surface area contributed by atoms with Crippen molar-refractivity contribution in [3.63, 3.8) is 0 Å². The van der Waals surface area contributed by atoms with E-state index in [1.807, 2.05) is 24.3 Å². The quantitative estimate of drug-likeness (QED) is 0.891. The standard InChI is InChI=1S/C14H18N2O3S/c17-14(15-9-11-6-8-20(18,19)10-11)16-7-5-12-3-1-2-4-13(12)16/h1-4,11H,5-10H2,(H,15,17). The van der Waals surface area contributed by atoms with Crippen molar-refractivity contribution >= 4 is 21.6 Å². The molecule has 2 heterocycles. The molecule has 0 aliphatic carbocycles. The summed E-state index contributed by atoms with van der Waals surface area (Å²) in [4.78, 5) is 13.9. The Balaban J connectivity index is 1.59. The van der Waals surface area contributed by atoms with Gasteiger partial charge in [0.15, 0.2) is 9.84 Å². The van der Waals surface area contributed by atoms with Crippen molar-refractivity contribution in [1.82, 2.24) is 5.32 Å². The first-order chi connectivity index (χ1) is 9.55. The van der Waals surface area contributed by atoms with Gasteiger partial charge in [0.2, 0.25) is 0 Å². The van der Waals surface area contributed by atoms with Gasteiger partial charge in [-0.2, -0.15) is 0 Å². The fourth-order valence-corrected chi connectivity index (χ4v) is 4.77. The number of rotatable bonds is 2.